The van der Waals surface area contributed by atoms with Crippen LogP contribution in [0.1, 0.15) is 5.56 Å². The molecule has 8 heteroatoms. The first-order valence-electron chi connectivity index (χ1n) is 5.97. The number of carbonyl (C=O) groups excluding carboxylic acids is 2. The predicted molar refractivity (Wildman–Crippen MR) is 78.7 cm³/mol. The first-order chi connectivity index (χ1) is 10.4. The Morgan fingerprint density at radius 3 is 1.95 bits per heavy atom. The van der Waals surface area contributed by atoms with Crippen molar-refractivity contribution >= 4 is 27.9 Å². The largest absolute Gasteiger partial charge is 0.465 e. The molecule has 120 valence electrons. The zero-order valence-corrected chi connectivity index (χ0v) is 13.7. The molecule has 0 bridgehead atoms. The number of ether oxygens (including phenoxy) is 3. The molecule has 0 heterocycles. The minimum atomic E-state index is -1.88. The lowest BCUT2D eigenvalue weighted by molar-refractivity contribution is -0.387. The molecule has 0 aliphatic carbocycles. The Kier molecular flexibility index (Phi) is 6.69. The summed E-state index contributed by atoms with van der Waals surface area (Å²) in [5.74, 6) is -3.79. The number of hydrogen-bond acceptors (Lipinski definition) is 7. The van der Waals surface area contributed by atoms with Crippen molar-refractivity contribution < 1.29 is 33.9 Å². The van der Waals surface area contributed by atoms with Crippen molar-refractivity contribution in [3.63, 3.8) is 0 Å². The van der Waals surface area contributed by atoms with Gasteiger partial charge in [-0.2, -0.15) is 4.89 Å². The van der Waals surface area contributed by atoms with Crippen LogP contribution in [0.15, 0.2) is 40.4 Å². The summed E-state index contributed by atoms with van der Waals surface area (Å²) in [5.41, 5.74) is -0.144. The van der Waals surface area contributed by atoms with E-state index in [2.05, 4.69) is 30.3 Å². The van der Waals surface area contributed by atoms with Crippen LogP contribution in [-0.2, 0) is 34.5 Å². The van der Waals surface area contributed by atoms with Crippen LogP contribution >= 0.6 is 15.9 Å². The van der Waals surface area contributed by atoms with E-state index in [9.17, 15) is 14.8 Å². The van der Waals surface area contributed by atoms with E-state index in [1.54, 1.807) is 24.3 Å². The van der Waals surface area contributed by atoms with Gasteiger partial charge >= 0.3 is 11.9 Å². The maximum Gasteiger partial charge on any atom is 0.345 e. The highest BCUT2D eigenvalue weighted by atomic mass is 79.9. The molecule has 1 aromatic rings. The summed E-state index contributed by atoms with van der Waals surface area (Å²) in [6.45, 7) is 0. The molecule has 0 aliphatic heterocycles. The summed E-state index contributed by atoms with van der Waals surface area (Å²) in [6, 6.07) is 6.50. The second kappa shape index (κ2) is 8.04. The minimum Gasteiger partial charge on any atom is -0.465 e. The molecular formula is C14H15BrO7. The van der Waals surface area contributed by atoms with Crippen LogP contribution in [0.4, 0.5) is 0 Å². The van der Waals surface area contributed by atoms with Crippen LogP contribution in [0.2, 0.25) is 0 Å². The fourth-order valence-corrected chi connectivity index (χ4v) is 1.93. The fourth-order valence-electron chi connectivity index (χ4n) is 1.67. The van der Waals surface area contributed by atoms with Gasteiger partial charge < -0.3 is 14.2 Å². The molecule has 0 spiro atoms. The van der Waals surface area contributed by atoms with Crippen LogP contribution in [0.5, 0.6) is 0 Å². The molecule has 0 saturated carbocycles. The van der Waals surface area contributed by atoms with Crippen molar-refractivity contribution in [2.45, 2.75) is 5.79 Å². The van der Waals surface area contributed by atoms with Crippen LogP contribution < -0.4 is 0 Å². The number of hydrogen-bond donors (Lipinski definition) is 1. The van der Waals surface area contributed by atoms with Gasteiger partial charge in [-0.1, -0.05) is 28.1 Å². The number of rotatable bonds is 6. The Morgan fingerprint density at radius 2 is 1.59 bits per heavy atom. The molecule has 0 fully saturated rings. The van der Waals surface area contributed by atoms with E-state index in [1.807, 2.05) is 0 Å². The van der Waals surface area contributed by atoms with Gasteiger partial charge in [0.15, 0.2) is 0 Å². The molecule has 7 nitrogen and oxygen atoms in total. The van der Waals surface area contributed by atoms with E-state index < -0.39 is 23.3 Å². The molecule has 0 amide bonds. The highest BCUT2D eigenvalue weighted by Gasteiger charge is 2.36. The van der Waals surface area contributed by atoms with Crippen molar-refractivity contribution in [1.82, 2.24) is 0 Å². The van der Waals surface area contributed by atoms with Gasteiger partial charge in [-0.15, -0.1) is 0 Å². The van der Waals surface area contributed by atoms with E-state index in [0.717, 1.165) is 24.8 Å². The third-order valence-corrected chi connectivity index (χ3v) is 3.36. The standard InChI is InChI=1S/C14H15BrO7/c1-19-12(16)11(13(17)20-2)8-14(21-3,22-18)9-4-6-10(15)7-5-9/h4-8,18H,1-3H3. The van der Waals surface area contributed by atoms with Crippen molar-refractivity contribution in [2.75, 3.05) is 21.3 Å². The second-order valence-corrected chi connectivity index (χ2v) is 4.93. The zero-order chi connectivity index (χ0) is 16.8. The van der Waals surface area contributed by atoms with E-state index >= 15 is 0 Å². The van der Waals surface area contributed by atoms with Gasteiger partial charge in [-0.25, -0.2) is 14.8 Å². The first kappa shape index (κ1) is 18.3. The quantitative estimate of drug-likeness (QED) is 0.155. The molecule has 0 aromatic heterocycles. The van der Waals surface area contributed by atoms with E-state index in [1.165, 1.54) is 7.11 Å². The molecule has 22 heavy (non-hydrogen) atoms. The predicted octanol–water partition coefficient (Wildman–Crippen LogP) is 2.01. The van der Waals surface area contributed by atoms with Gasteiger partial charge in [0.2, 0.25) is 5.79 Å². The number of halogens is 1. The fraction of sp³-hybridized carbons (Fsp3) is 0.286. The van der Waals surface area contributed by atoms with Crippen molar-refractivity contribution in [2.24, 2.45) is 0 Å². The second-order valence-electron chi connectivity index (χ2n) is 4.01. The summed E-state index contributed by atoms with van der Waals surface area (Å²) in [7, 11) is 3.45. The van der Waals surface area contributed by atoms with Gasteiger partial charge in [-0.05, 0) is 12.1 Å². The van der Waals surface area contributed by atoms with Crippen molar-refractivity contribution in [3.8, 4) is 0 Å². The Labute approximate surface area is 135 Å². The summed E-state index contributed by atoms with van der Waals surface area (Å²) >= 11 is 3.27. The van der Waals surface area contributed by atoms with Gasteiger partial charge in [0.1, 0.15) is 5.57 Å². The van der Waals surface area contributed by atoms with Crippen molar-refractivity contribution in [3.05, 3.63) is 46.0 Å². The molecule has 1 rings (SSSR count). The molecular weight excluding hydrogens is 360 g/mol. The van der Waals surface area contributed by atoms with E-state index in [4.69, 9.17) is 4.74 Å². The summed E-state index contributed by atoms with van der Waals surface area (Å²) in [5, 5.41) is 9.27. The summed E-state index contributed by atoms with van der Waals surface area (Å²) < 4.78 is 15.0. The molecule has 1 aromatic carbocycles. The maximum absolute atomic E-state index is 11.7. The Balaban J connectivity index is 3.44. The number of benzene rings is 1. The van der Waals surface area contributed by atoms with Gasteiger partial charge in [-0.3, -0.25) is 0 Å². The van der Waals surface area contributed by atoms with Crippen LogP contribution in [0.25, 0.3) is 0 Å². The van der Waals surface area contributed by atoms with Gasteiger partial charge in [0.25, 0.3) is 0 Å². The third-order valence-electron chi connectivity index (χ3n) is 2.83. The summed E-state index contributed by atoms with van der Waals surface area (Å²) in [4.78, 5) is 27.8. The lowest BCUT2D eigenvalue weighted by Gasteiger charge is -2.26. The van der Waals surface area contributed by atoms with Crippen molar-refractivity contribution in [1.29, 1.82) is 0 Å². The third kappa shape index (κ3) is 3.92. The first-order valence-corrected chi connectivity index (χ1v) is 6.76. The molecule has 0 radical (unpaired) electrons. The Morgan fingerprint density at radius 1 is 1.09 bits per heavy atom. The van der Waals surface area contributed by atoms with Crippen LogP contribution in [0.3, 0.4) is 0 Å². The molecule has 1 unspecified atom stereocenters. The average molecular weight is 375 g/mol. The lowest BCUT2D eigenvalue weighted by atomic mass is 10.0. The normalized spacial score (nSPS) is 13.0. The summed E-state index contributed by atoms with van der Waals surface area (Å²) in [6.07, 6.45) is 0.980. The lowest BCUT2D eigenvalue weighted by Crippen LogP contribution is -2.31. The highest BCUT2D eigenvalue weighted by molar-refractivity contribution is 9.10. The van der Waals surface area contributed by atoms with Crippen LogP contribution in [-0.4, -0.2) is 38.5 Å². The SMILES string of the molecule is COC(=O)C(=CC(OC)(OO)c1ccc(Br)cc1)C(=O)OC. The van der Waals surface area contributed by atoms with E-state index in [0.29, 0.717) is 5.56 Å². The Bertz CT molecular complexity index is 543. The topological polar surface area (TPSA) is 91.3 Å². The molecule has 0 saturated heterocycles. The monoisotopic (exact) mass is 374 g/mol. The molecule has 0 aliphatic rings. The molecule has 1 N–H and O–H groups in total. The minimum absolute atomic E-state index is 0.339. The van der Waals surface area contributed by atoms with Gasteiger partial charge in [0.05, 0.1) is 14.2 Å². The maximum atomic E-state index is 11.7. The smallest absolute Gasteiger partial charge is 0.345 e. The highest BCUT2D eigenvalue weighted by Crippen LogP contribution is 2.30. The Hall–Kier alpha value is -1.74. The van der Waals surface area contributed by atoms with Crippen LogP contribution in [0, 0.1) is 0 Å². The van der Waals surface area contributed by atoms with E-state index in [-0.39, 0.29) is 0 Å². The van der Waals surface area contributed by atoms with Gasteiger partial charge in [0, 0.05) is 23.2 Å². The number of esters is 2. The number of methoxy groups -OCH3 is 3. The number of carbonyl (C=O) groups is 2. The average Bonchev–Trinajstić information content (AvgIpc) is 2.56. The molecule has 1 atom stereocenters. The zero-order valence-electron chi connectivity index (χ0n) is 12.2.